The number of carbonyl (C=O) groups excluding carboxylic acids is 2. The summed E-state index contributed by atoms with van der Waals surface area (Å²) in [5, 5.41) is 6.06. The molecule has 2 aromatic carbocycles. The number of amides is 2. The first-order valence-electron chi connectivity index (χ1n) is 10.2. The molecule has 164 valence electrons. The molecule has 7 nitrogen and oxygen atoms in total. The van der Waals surface area contributed by atoms with E-state index in [0.29, 0.717) is 35.3 Å². The van der Waals surface area contributed by atoms with Crippen LogP contribution < -0.4 is 20.1 Å². The van der Waals surface area contributed by atoms with E-state index in [9.17, 15) is 9.59 Å². The first-order valence-corrected chi connectivity index (χ1v) is 11.0. The normalized spacial score (nSPS) is 12.2. The van der Waals surface area contributed by atoms with Gasteiger partial charge in [-0.15, -0.1) is 0 Å². The van der Waals surface area contributed by atoms with Crippen LogP contribution in [0.25, 0.3) is 0 Å². The molecule has 32 heavy (non-hydrogen) atoms. The number of benzene rings is 2. The van der Waals surface area contributed by atoms with Crippen molar-refractivity contribution in [2.24, 2.45) is 0 Å². The minimum absolute atomic E-state index is 0.144. The number of carbonyl (C=O) groups is 2. The van der Waals surface area contributed by atoms with Gasteiger partial charge in [0.1, 0.15) is 18.2 Å². The second-order valence-corrected chi connectivity index (χ2v) is 8.30. The highest BCUT2D eigenvalue weighted by Gasteiger charge is 2.17. The number of hydrogen-bond acceptors (Lipinski definition) is 6. The highest BCUT2D eigenvalue weighted by atomic mass is 32.2. The van der Waals surface area contributed by atoms with Gasteiger partial charge < -0.3 is 20.1 Å². The van der Waals surface area contributed by atoms with Crippen LogP contribution in [0.2, 0.25) is 0 Å². The van der Waals surface area contributed by atoms with Gasteiger partial charge in [0.25, 0.3) is 5.91 Å². The Hall–Kier alpha value is -3.52. The lowest BCUT2D eigenvalue weighted by Gasteiger charge is -2.18. The van der Waals surface area contributed by atoms with E-state index in [-0.39, 0.29) is 18.4 Å². The van der Waals surface area contributed by atoms with Gasteiger partial charge in [0.05, 0.1) is 12.1 Å². The third-order valence-corrected chi connectivity index (χ3v) is 6.04. The van der Waals surface area contributed by atoms with Gasteiger partial charge in [-0.1, -0.05) is 23.9 Å². The maximum atomic E-state index is 12.8. The largest absolute Gasteiger partial charge is 0.486 e. The molecule has 4 rings (SSSR count). The lowest BCUT2D eigenvalue weighted by Crippen LogP contribution is -2.33. The molecule has 2 heterocycles. The zero-order chi connectivity index (χ0) is 22.5. The first-order chi connectivity index (χ1) is 15.5. The number of ether oxygens (including phenoxy) is 2. The van der Waals surface area contributed by atoms with Crippen LogP contribution in [0.5, 0.6) is 11.5 Å². The summed E-state index contributed by atoms with van der Waals surface area (Å²) in [6.07, 6.45) is 1.63. The Labute approximate surface area is 190 Å². The molecule has 0 unspecified atom stereocenters. The molecule has 0 atom stereocenters. The summed E-state index contributed by atoms with van der Waals surface area (Å²) in [5.74, 6) is 0.715. The van der Waals surface area contributed by atoms with Crippen LogP contribution >= 0.6 is 11.8 Å². The van der Waals surface area contributed by atoms with E-state index in [0.717, 1.165) is 21.7 Å². The maximum absolute atomic E-state index is 12.8. The first kappa shape index (κ1) is 21.7. The number of fused-ring (bicyclic) bond motifs is 1. The van der Waals surface area contributed by atoms with Crippen molar-refractivity contribution in [3.05, 3.63) is 71.4 Å². The lowest BCUT2D eigenvalue weighted by atomic mass is 10.1. The summed E-state index contributed by atoms with van der Waals surface area (Å²) >= 11 is 1.35. The molecule has 2 N–H and O–H groups in total. The van der Waals surface area contributed by atoms with Gasteiger partial charge in [0.2, 0.25) is 5.91 Å². The Morgan fingerprint density at radius 1 is 1.03 bits per heavy atom. The van der Waals surface area contributed by atoms with Crippen molar-refractivity contribution in [2.75, 3.05) is 25.1 Å². The molecule has 1 aliphatic heterocycles. The Morgan fingerprint density at radius 3 is 2.69 bits per heavy atom. The minimum Gasteiger partial charge on any atom is -0.486 e. The average Bonchev–Trinajstić information content (AvgIpc) is 2.81. The van der Waals surface area contributed by atoms with Crippen LogP contribution in [0.4, 0.5) is 5.69 Å². The number of aryl methyl sites for hydroxylation is 1. The van der Waals surface area contributed by atoms with Crippen LogP contribution in [0.1, 0.15) is 21.5 Å². The van der Waals surface area contributed by atoms with Crippen molar-refractivity contribution in [2.45, 2.75) is 23.8 Å². The monoisotopic (exact) mass is 449 g/mol. The molecular weight excluding hydrogens is 426 g/mol. The Morgan fingerprint density at radius 2 is 1.84 bits per heavy atom. The molecule has 2 amide bonds. The molecule has 0 saturated heterocycles. The molecule has 1 aliphatic rings. The smallest absolute Gasteiger partial charge is 0.254 e. The van der Waals surface area contributed by atoms with Crippen molar-refractivity contribution in [3.63, 3.8) is 0 Å². The summed E-state index contributed by atoms with van der Waals surface area (Å²) in [5.41, 5.74) is 3.22. The topological polar surface area (TPSA) is 89.6 Å². The quantitative estimate of drug-likeness (QED) is 0.592. The number of nitrogens with one attached hydrogen (secondary N) is 2. The number of nitrogens with zero attached hydrogens (tertiary/aromatic N) is 1. The fourth-order valence-electron chi connectivity index (χ4n) is 3.18. The molecule has 0 spiro atoms. The number of pyridine rings is 1. The second kappa shape index (κ2) is 9.74. The highest BCUT2D eigenvalue weighted by Crippen LogP contribution is 2.37. The molecule has 0 bridgehead atoms. The van der Waals surface area contributed by atoms with Gasteiger partial charge in [-0.3, -0.25) is 9.59 Å². The molecule has 0 saturated carbocycles. The maximum Gasteiger partial charge on any atom is 0.254 e. The standard InChI is InChI=1S/C24H23N3O4S/c1-15-5-3-7-19(16(15)2)27-22(28)14-26-23(29)18-6-4-10-25-24(18)32-17-8-9-20-21(13-17)31-12-11-30-20/h3-10,13H,11-12,14H2,1-2H3,(H,26,29)(H,27,28). The van der Waals surface area contributed by atoms with E-state index in [4.69, 9.17) is 9.47 Å². The van der Waals surface area contributed by atoms with E-state index in [1.165, 1.54) is 11.8 Å². The Balaban J connectivity index is 1.41. The Bertz CT molecular complexity index is 1170. The average molecular weight is 450 g/mol. The van der Waals surface area contributed by atoms with Crippen LogP contribution in [0.15, 0.2) is 64.6 Å². The lowest BCUT2D eigenvalue weighted by molar-refractivity contribution is -0.115. The van der Waals surface area contributed by atoms with Gasteiger partial charge in [-0.05, 0) is 61.4 Å². The predicted molar refractivity (Wildman–Crippen MR) is 123 cm³/mol. The third-order valence-electron chi connectivity index (χ3n) is 5.03. The van der Waals surface area contributed by atoms with Crippen molar-refractivity contribution >= 4 is 29.3 Å². The van der Waals surface area contributed by atoms with Crippen molar-refractivity contribution in [3.8, 4) is 11.5 Å². The van der Waals surface area contributed by atoms with E-state index in [2.05, 4.69) is 15.6 Å². The van der Waals surface area contributed by atoms with E-state index in [1.807, 2.05) is 50.2 Å². The second-order valence-electron chi connectivity index (χ2n) is 7.24. The van der Waals surface area contributed by atoms with Gasteiger partial charge in [0, 0.05) is 16.8 Å². The summed E-state index contributed by atoms with van der Waals surface area (Å²) in [4.78, 5) is 30.4. The van der Waals surface area contributed by atoms with Crippen LogP contribution in [-0.2, 0) is 4.79 Å². The summed E-state index contributed by atoms with van der Waals surface area (Å²) in [6, 6.07) is 14.7. The number of rotatable bonds is 6. The van der Waals surface area contributed by atoms with E-state index >= 15 is 0 Å². The van der Waals surface area contributed by atoms with Crippen LogP contribution in [0, 0.1) is 13.8 Å². The summed E-state index contributed by atoms with van der Waals surface area (Å²) in [7, 11) is 0. The molecule has 0 aliphatic carbocycles. The van der Waals surface area contributed by atoms with Crippen molar-refractivity contribution in [1.82, 2.24) is 10.3 Å². The van der Waals surface area contributed by atoms with Crippen molar-refractivity contribution in [1.29, 1.82) is 0 Å². The number of anilines is 1. The summed E-state index contributed by atoms with van der Waals surface area (Å²) < 4.78 is 11.2. The van der Waals surface area contributed by atoms with E-state index < -0.39 is 0 Å². The predicted octanol–water partition coefficient (Wildman–Crippen LogP) is 3.99. The van der Waals surface area contributed by atoms with Crippen molar-refractivity contribution < 1.29 is 19.1 Å². The van der Waals surface area contributed by atoms with Gasteiger partial charge >= 0.3 is 0 Å². The molecule has 0 fully saturated rings. The number of aromatic nitrogens is 1. The van der Waals surface area contributed by atoms with Gasteiger partial charge in [0.15, 0.2) is 11.5 Å². The summed E-state index contributed by atoms with van der Waals surface area (Å²) in [6.45, 7) is 4.81. The number of hydrogen-bond donors (Lipinski definition) is 2. The fourth-order valence-corrected chi connectivity index (χ4v) is 4.09. The zero-order valence-corrected chi connectivity index (χ0v) is 18.6. The molecular formula is C24H23N3O4S. The minimum atomic E-state index is -0.366. The molecule has 8 heteroatoms. The Kier molecular flexibility index (Phi) is 6.61. The molecule has 3 aromatic rings. The van der Waals surface area contributed by atoms with Gasteiger partial charge in [-0.2, -0.15) is 0 Å². The molecule has 1 aromatic heterocycles. The van der Waals surface area contributed by atoms with E-state index in [1.54, 1.807) is 18.3 Å². The van der Waals surface area contributed by atoms with Crippen LogP contribution in [-0.4, -0.2) is 36.6 Å². The fraction of sp³-hybridized carbons (Fsp3) is 0.208. The SMILES string of the molecule is Cc1cccc(NC(=O)CNC(=O)c2cccnc2Sc2ccc3c(c2)OCCO3)c1C. The zero-order valence-electron chi connectivity index (χ0n) is 17.8. The molecule has 0 radical (unpaired) electrons. The van der Waals surface area contributed by atoms with Crippen LogP contribution in [0.3, 0.4) is 0 Å². The van der Waals surface area contributed by atoms with Gasteiger partial charge in [-0.25, -0.2) is 4.98 Å². The third kappa shape index (κ3) is 5.03. The highest BCUT2D eigenvalue weighted by molar-refractivity contribution is 7.99.